The number of aliphatic hydroxyl groups is 3. The second-order valence-corrected chi connectivity index (χ2v) is 5.98. The smallest absolute Gasteiger partial charge is 0.388 e. The van der Waals surface area contributed by atoms with E-state index in [0.717, 1.165) is 0 Å². The zero-order chi connectivity index (χ0) is 16.1. The van der Waals surface area contributed by atoms with Gasteiger partial charge in [0.2, 0.25) is 0 Å². The highest BCUT2D eigenvalue weighted by molar-refractivity contribution is 7.46. The lowest BCUT2D eigenvalue weighted by Crippen LogP contribution is -2.43. The number of carbonyl (C=O) groups excluding carboxylic acids is 1. The molecule has 0 fully saturated rings. The van der Waals surface area contributed by atoms with Crippen LogP contribution in [-0.4, -0.2) is 72.2 Å². The highest BCUT2D eigenvalue weighted by Gasteiger charge is 2.32. The fraction of sp³-hybridized carbons (Fsp3) is 0.833. The van der Waals surface area contributed by atoms with Crippen molar-refractivity contribution in [2.24, 2.45) is 0 Å². The molecule has 0 aliphatic rings. The minimum atomic E-state index is -4.93. The van der Waals surface area contributed by atoms with Crippen LogP contribution in [0.4, 0.5) is 0 Å². The normalized spacial score (nSPS) is 17.6. The van der Waals surface area contributed by atoms with Crippen molar-refractivity contribution in [1.29, 1.82) is 0 Å². The molecule has 0 heterocycles. The van der Waals surface area contributed by atoms with Gasteiger partial charge in [-0.05, 0) is 0 Å². The van der Waals surface area contributed by atoms with Crippen LogP contribution in [0.3, 0.4) is 0 Å². The third kappa shape index (κ3) is 8.84. The van der Waals surface area contributed by atoms with Gasteiger partial charge in [0.25, 0.3) is 0 Å². The van der Waals surface area contributed by atoms with Crippen molar-refractivity contribution < 1.29 is 57.9 Å². The van der Waals surface area contributed by atoms with Gasteiger partial charge >= 0.3 is 15.6 Å². The SMILES string of the molecule is O=C(C(O)COP(=O)(O)O)[C@@H](O)[C@@H](O)COP(=O)(O)O. The van der Waals surface area contributed by atoms with Crippen LogP contribution >= 0.6 is 15.6 Å². The lowest BCUT2D eigenvalue weighted by Gasteiger charge is -2.19. The molecule has 0 aromatic rings. The number of hydrogen-bond donors (Lipinski definition) is 7. The van der Waals surface area contributed by atoms with Crippen molar-refractivity contribution in [3.05, 3.63) is 0 Å². The van der Waals surface area contributed by atoms with Crippen molar-refractivity contribution in [1.82, 2.24) is 0 Å². The predicted molar refractivity (Wildman–Crippen MR) is 59.0 cm³/mol. The quantitative estimate of drug-likeness (QED) is 0.207. The highest BCUT2D eigenvalue weighted by Crippen LogP contribution is 2.36. The van der Waals surface area contributed by atoms with Crippen molar-refractivity contribution in [2.45, 2.75) is 18.3 Å². The van der Waals surface area contributed by atoms with E-state index in [9.17, 15) is 24.1 Å². The topological polar surface area (TPSA) is 211 Å². The maximum atomic E-state index is 11.3. The summed E-state index contributed by atoms with van der Waals surface area (Å²) in [6.45, 7) is -2.25. The first kappa shape index (κ1) is 19.8. The van der Waals surface area contributed by atoms with Crippen LogP contribution in [-0.2, 0) is 23.0 Å². The van der Waals surface area contributed by atoms with Gasteiger partial charge in [-0.25, -0.2) is 9.13 Å². The molecule has 0 aromatic heterocycles. The molecule has 120 valence electrons. The first-order valence-electron chi connectivity index (χ1n) is 4.81. The summed E-state index contributed by atoms with van der Waals surface area (Å²) in [5.41, 5.74) is 0. The molecule has 0 aliphatic heterocycles. The van der Waals surface area contributed by atoms with E-state index in [1.807, 2.05) is 0 Å². The summed E-state index contributed by atoms with van der Waals surface area (Å²) < 4.78 is 28.2. The Morgan fingerprint density at radius 1 is 0.900 bits per heavy atom. The van der Waals surface area contributed by atoms with Crippen molar-refractivity contribution >= 4 is 21.4 Å². The Balaban J connectivity index is 4.38. The summed E-state index contributed by atoms with van der Waals surface area (Å²) in [7, 11) is -9.85. The van der Waals surface area contributed by atoms with Gasteiger partial charge in [-0.15, -0.1) is 0 Å². The summed E-state index contributed by atoms with van der Waals surface area (Å²) in [6.07, 6.45) is -6.53. The molecular weight excluding hydrogens is 326 g/mol. The largest absolute Gasteiger partial charge is 0.469 e. The molecule has 0 aromatic carbocycles. The van der Waals surface area contributed by atoms with Gasteiger partial charge in [0, 0.05) is 0 Å². The minimum absolute atomic E-state index is 1.11. The Morgan fingerprint density at radius 3 is 1.70 bits per heavy atom. The summed E-state index contributed by atoms with van der Waals surface area (Å²) in [6, 6.07) is 0. The third-order valence-corrected chi connectivity index (χ3v) is 2.77. The number of carbonyl (C=O) groups is 1. The summed E-state index contributed by atoms with van der Waals surface area (Å²) >= 11 is 0. The number of aliphatic hydroxyl groups excluding tert-OH is 3. The zero-order valence-electron chi connectivity index (χ0n) is 9.71. The molecular formula is C6H14O12P2. The van der Waals surface area contributed by atoms with E-state index in [4.69, 9.17) is 24.7 Å². The fourth-order valence-corrected chi connectivity index (χ4v) is 1.58. The standard InChI is InChI=1S/C6H14O12P2/c7-3(1-17-19(11,12)13)5(9)6(10)4(8)2-18-20(14,15)16/h3-5,7-9H,1-2H2,(H2,11,12,13)(H2,14,15,16)/t3-,4?,5-/m0/s1. The number of hydrogen-bond acceptors (Lipinski definition) is 8. The fourth-order valence-electron chi connectivity index (χ4n) is 0.901. The summed E-state index contributed by atoms with van der Waals surface area (Å²) in [5.74, 6) is -1.47. The summed E-state index contributed by atoms with van der Waals surface area (Å²) in [4.78, 5) is 44.6. The molecule has 0 spiro atoms. The van der Waals surface area contributed by atoms with Crippen LogP contribution in [0.1, 0.15) is 0 Å². The number of rotatable bonds is 9. The lowest BCUT2D eigenvalue weighted by atomic mass is 10.1. The average Bonchev–Trinajstić information content (AvgIpc) is 2.29. The Hall–Kier alpha value is -0.230. The molecule has 7 N–H and O–H groups in total. The van der Waals surface area contributed by atoms with E-state index in [0.29, 0.717) is 0 Å². The second kappa shape index (κ2) is 7.69. The Labute approximate surface area is 112 Å². The molecule has 3 atom stereocenters. The number of ketones is 1. The van der Waals surface area contributed by atoms with Crippen LogP contribution in [0.5, 0.6) is 0 Å². The first-order valence-corrected chi connectivity index (χ1v) is 7.87. The number of Topliss-reactive ketones (excluding diaryl/α,β-unsaturated/α-hetero) is 1. The zero-order valence-corrected chi connectivity index (χ0v) is 11.5. The van der Waals surface area contributed by atoms with Gasteiger partial charge in [-0.2, -0.15) is 0 Å². The maximum Gasteiger partial charge on any atom is 0.469 e. The van der Waals surface area contributed by atoms with Crippen molar-refractivity contribution in [2.75, 3.05) is 13.2 Å². The maximum absolute atomic E-state index is 11.3. The van der Waals surface area contributed by atoms with Crippen LogP contribution in [0.25, 0.3) is 0 Å². The molecule has 0 rings (SSSR count). The predicted octanol–water partition coefficient (Wildman–Crippen LogP) is -3.14. The Kier molecular flexibility index (Phi) is 7.60. The molecule has 0 bridgehead atoms. The van der Waals surface area contributed by atoms with Crippen LogP contribution in [0, 0.1) is 0 Å². The van der Waals surface area contributed by atoms with Crippen molar-refractivity contribution in [3.8, 4) is 0 Å². The van der Waals surface area contributed by atoms with Gasteiger partial charge < -0.3 is 34.9 Å². The van der Waals surface area contributed by atoms with Crippen LogP contribution < -0.4 is 0 Å². The van der Waals surface area contributed by atoms with Gasteiger partial charge in [-0.3, -0.25) is 13.8 Å². The number of phosphoric acid groups is 2. The van der Waals surface area contributed by atoms with E-state index in [1.165, 1.54) is 0 Å². The van der Waals surface area contributed by atoms with Crippen LogP contribution in [0.2, 0.25) is 0 Å². The van der Waals surface area contributed by atoms with E-state index in [2.05, 4.69) is 9.05 Å². The molecule has 0 saturated heterocycles. The highest BCUT2D eigenvalue weighted by atomic mass is 31.2. The first-order chi connectivity index (χ1) is 8.83. The Bertz CT molecular complexity index is 410. The molecule has 14 heteroatoms. The third-order valence-electron chi connectivity index (χ3n) is 1.80. The van der Waals surface area contributed by atoms with Gasteiger partial charge in [0.05, 0.1) is 13.2 Å². The average molecular weight is 340 g/mol. The van der Waals surface area contributed by atoms with E-state index in [-0.39, 0.29) is 0 Å². The molecule has 0 amide bonds. The van der Waals surface area contributed by atoms with E-state index < -0.39 is 53.0 Å². The van der Waals surface area contributed by atoms with Gasteiger partial charge in [0.1, 0.15) is 18.3 Å². The van der Waals surface area contributed by atoms with Crippen LogP contribution in [0.15, 0.2) is 0 Å². The molecule has 0 radical (unpaired) electrons. The number of phosphoric ester groups is 2. The molecule has 0 saturated carbocycles. The summed E-state index contributed by atoms with van der Waals surface area (Å²) in [5, 5.41) is 27.6. The Morgan fingerprint density at radius 2 is 1.30 bits per heavy atom. The van der Waals surface area contributed by atoms with Gasteiger partial charge in [-0.1, -0.05) is 0 Å². The molecule has 1 unspecified atom stereocenters. The lowest BCUT2D eigenvalue weighted by molar-refractivity contribution is -0.144. The minimum Gasteiger partial charge on any atom is -0.388 e. The van der Waals surface area contributed by atoms with E-state index in [1.54, 1.807) is 0 Å². The van der Waals surface area contributed by atoms with Gasteiger partial charge in [0.15, 0.2) is 5.78 Å². The molecule has 20 heavy (non-hydrogen) atoms. The molecule has 0 aliphatic carbocycles. The second-order valence-electron chi connectivity index (χ2n) is 3.50. The van der Waals surface area contributed by atoms with Crippen molar-refractivity contribution in [3.63, 3.8) is 0 Å². The molecule has 12 nitrogen and oxygen atoms in total. The monoisotopic (exact) mass is 340 g/mol. The van der Waals surface area contributed by atoms with E-state index >= 15 is 0 Å².